The zero-order valence-electron chi connectivity index (χ0n) is 15.5. The Kier molecular flexibility index (Phi) is 10.9. The van der Waals surface area contributed by atoms with E-state index in [1.54, 1.807) is 0 Å². The first-order valence-electron chi connectivity index (χ1n) is 9.16. The van der Waals surface area contributed by atoms with Crippen molar-refractivity contribution in [1.29, 1.82) is 0 Å². The van der Waals surface area contributed by atoms with Gasteiger partial charge in [0.05, 0.1) is 13.2 Å². The van der Waals surface area contributed by atoms with Crippen LogP contribution in [0.4, 0.5) is 0 Å². The van der Waals surface area contributed by atoms with Gasteiger partial charge in [0.25, 0.3) is 0 Å². The number of aryl methyl sites for hydroxylation is 1. The molecule has 1 aliphatic heterocycles. The first-order chi connectivity index (χ1) is 11.7. The Bertz CT molecular complexity index is 507. The molecule has 2 rings (SSSR count). The summed E-state index contributed by atoms with van der Waals surface area (Å²) in [5, 5.41) is 3.20. The Morgan fingerprint density at radius 3 is 2.80 bits per heavy atom. The molecule has 1 heterocycles. The van der Waals surface area contributed by atoms with Crippen LogP contribution in [0.3, 0.4) is 0 Å². The number of likely N-dealkylation sites (tertiary alicyclic amines) is 1. The average molecular weight is 460 g/mol. The van der Waals surface area contributed by atoms with E-state index < -0.39 is 0 Å². The molecule has 3 N–H and O–H groups in total. The van der Waals surface area contributed by atoms with Gasteiger partial charge in [-0.1, -0.05) is 24.6 Å². The Morgan fingerprint density at radius 1 is 1.32 bits per heavy atom. The Balaban J connectivity index is 0.00000312. The van der Waals surface area contributed by atoms with Crippen molar-refractivity contribution in [2.45, 2.75) is 45.6 Å². The van der Waals surface area contributed by atoms with Crippen molar-refractivity contribution in [1.82, 2.24) is 10.2 Å². The third-order valence-corrected chi connectivity index (χ3v) is 4.54. The van der Waals surface area contributed by atoms with Crippen molar-refractivity contribution < 1.29 is 4.74 Å². The Morgan fingerprint density at radius 2 is 2.08 bits per heavy atom. The van der Waals surface area contributed by atoms with E-state index in [-0.39, 0.29) is 24.0 Å². The maximum Gasteiger partial charge on any atom is 0.188 e. The van der Waals surface area contributed by atoms with Gasteiger partial charge in [-0.2, -0.15) is 0 Å². The molecule has 5 nitrogen and oxygen atoms in total. The Labute approximate surface area is 169 Å². The highest BCUT2D eigenvalue weighted by Gasteiger charge is 2.22. The maximum atomic E-state index is 5.95. The van der Waals surface area contributed by atoms with E-state index in [9.17, 15) is 0 Å². The molecule has 0 bridgehead atoms. The first-order valence-corrected chi connectivity index (χ1v) is 9.16. The number of aliphatic imine (C=N–C) groups is 1. The van der Waals surface area contributed by atoms with Crippen LogP contribution in [0.1, 0.15) is 38.2 Å². The van der Waals surface area contributed by atoms with Crippen LogP contribution in [0.5, 0.6) is 5.75 Å². The van der Waals surface area contributed by atoms with Crippen molar-refractivity contribution in [3.05, 3.63) is 29.8 Å². The fourth-order valence-electron chi connectivity index (χ4n) is 3.05. The summed E-state index contributed by atoms with van der Waals surface area (Å²) < 4.78 is 5.71. The van der Waals surface area contributed by atoms with Crippen LogP contribution in [0.15, 0.2) is 29.3 Å². The van der Waals surface area contributed by atoms with E-state index in [0.717, 1.165) is 44.8 Å². The number of guanidine groups is 1. The fourth-order valence-corrected chi connectivity index (χ4v) is 3.05. The number of ether oxygens (including phenoxy) is 1. The molecule has 1 aromatic carbocycles. The van der Waals surface area contributed by atoms with Crippen LogP contribution >= 0.6 is 24.0 Å². The lowest BCUT2D eigenvalue weighted by Gasteiger charge is -2.20. The minimum absolute atomic E-state index is 0. The van der Waals surface area contributed by atoms with Gasteiger partial charge in [-0.3, -0.25) is 9.89 Å². The van der Waals surface area contributed by atoms with Crippen molar-refractivity contribution >= 4 is 29.9 Å². The van der Waals surface area contributed by atoms with Crippen LogP contribution in [0.25, 0.3) is 0 Å². The minimum atomic E-state index is 0. The highest BCUT2D eigenvalue weighted by atomic mass is 127. The molecule has 0 spiro atoms. The third kappa shape index (κ3) is 8.27. The van der Waals surface area contributed by atoms with Crippen molar-refractivity contribution in [2.75, 3.05) is 32.8 Å². The van der Waals surface area contributed by atoms with E-state index >= 15 is 0 Å². The standard InChI is InChI=1S/C19H32N4O.HI/c1-3-23-13-6-7-17(23)15-22-19(20)21-12-4-5-14-24-18-10-8-16(2)9-11-18;/h8-11,17H,3-7,12-15H2,1-2H3,(H3,20,21,22);1H. The molecule has 1 aromatic rings. The van der Waals surface area contributed by atoms with Gasteiger partial charge in [0.1, 0.15) is 5.75 Å². The quantitative estimate of drug-likeness (QED) is 0.257. The summed E-state index contributed by atoms with van der Waals surface area (Å²) in [7, 11) is 0. The third-order valence-electron chi connectivity index (χ3n) is 4.54. The number of likely N-dealkylation sites (N-methyl/N-ethyl adjacent to an activating group) is 1. The predicted octanol–water partition coefficient (Wildman–Crippen LogP) is 3.16. The number of unbranched alkanes of at least 4 members (excludes halogenated alkanes) is 1. The topological polar surface area (TPSA) is 62.9 Å². The van der Waals surface area contributed by atoms with Crippen molar-refractivity contribution in [3.8, 4) is 5.75 Å². The molecular weight excluding hydrogens is 427 g/mol. The molecule has 25 heavy (non-hydrogen) atoms. The van der Waals surface area contributed by atoms with Gasteiger partial charge in [-0.15, -0.1) is 24.0 Å². The molecule has 0 radical (unpaired) electrons. The summed E-state index contributed by atoms with van der Waals surface area (Å²) in [6.07, 6.45) is 4.54. The minimum Gasteiger partial charge on any atom is -0.494 e. The highest BCUT2D eigenvalue weighted by molar-refractivity contribution is 14.0. The van der Waals surface area contributed by atoms with Crippen LogP contribution in [-0.4, -0.2) is 49.7 Å². The van der Waals surface area contributed by atoms with Gasteiger partial charge in [0.15, 0.2) is 5.96 Å². The predicted molar refractivity (Wildman–Crippen MR) is 116 cm³/mol. The van der Waals surface area contributed by atoms with Crippen LogP contribution in [-0.2, 0) is 0 Å². The monoisotopic (exact) mass is 460 g/mol. The van der Waals surface area contributed by atoms with Gasteiger partial charge in [-0.05, 0) is 57.8 Å². The number of benzene rings is 1. The van der Waals surface area contributed by atoms with E-state index in [2.05, 4.69) is 41.2 Å². The second-order valence-corrected chi connectivity index (χ2v) is 6.45. The molecule has 1 saturated heterocycles. The lowest BCUT2D eigenvalue weighted by molar-refractivity contribution is 0.273. The van der Waals surface area contributed by atoms with Crippen LogP contribution in [0, 0.1) is 6.92 Å². The molecule has 0 saturated carbocycles. The molecule has 142 valence electrons. The average Bonchev–Trinajstić information content (AvgIpc) is 3.05. The number of hydrogen-bond donors (Lipinski definition) is 2. The summed E-state index contributed by atoms with van der Waals surface area (Å²) in [6.45, 7) is 8.98. The SMILES string of the molecule is CCN1CCCC1CN=C(N)NCCCCOc1ccc(C)cc1.I. The molecule has 1 fully saturated rings. The molecule has 0 amide bonds. The van der Waals surface area contributed by atoms with Gasteiger partial charge in [0, 0.05) is 12.6 Å². The lowest BCUT2D eigenvalue weighted by Crippen LogP contribution is -2.36. The zero-order valence-corrected chi connectivity index (χ0v) is 17.9. The Hall–Kier alpha value is -1.02. The maximum absolute atomic E-state index is 5.95. The number of hydrogen-bond acceptors (Lipinski definition) is 3. The second-order valence-electron chi connectivity index (χ2n) is 6.45. The number of nitrogens with one attached hydrogen (secondary N) is 1. The number of rotatable bonds is 9. The van der Waals surface area contributed by atoms with E-state index in [0.29, 0.717) is 12.0 Å². The van der Waals surface area contributed by atoms with E-state index in [1.165, 1.54) is 24.9 Å². The summed E-state index contributed by atoms with van der Waals surface area (Å²) >= 11 is 0. The summed E-state index contributed by atoms with van der Waals surface area (Å²) in [5.41, 5.74) is 7.20. The second kappa shape index (κ2) is 12.4. The number of nitrogens with two attached hydrogens (primary N) is 1. The summed E-state index contributed by atoms with van der Waals surface area (Å²) in [5.74, 6) is 1.50. The zero-order chi connectivity index (χ0) is 17.2. The largest absolute Gasteiger partial charge is 0.494 e. The summed E-state index contributed by atoms with van der Waals surface area (Å²) in [6, 6.07) is 8.73. The molecule has 0 aromatic heterocycles. The van der Waals surface area contributed by atoms with Gasteiger partial charge < -0.3 is 15.8 Å². The van der Waals surface area contributed by atoms with Crippen LogP contribution < -0.4 is 15.8 Å². The van der Waals surface area contributed by atoms with E-state index in [1.807, 2.05) is 12.1 Å². The van der Waals surface area contributed by atoms with Gasteiger partial charge >= 0.3 is 0 Å². The molecule has 1 aliphatic rings. The van der Waals surface area contributed by atoms with Crippen molar-refractivity contribution in [3.63, 3.8) is 0 Å². The lowest BCUT2D eigenvalue weighted by atomic mass is 10.2. The molecule has 6 heteroatoms. The smallest absolute Gasteiger partial charge is 0.188 e. The molecule has 1 unspecified atom stereocenters. The summed E-state index contributed by atoms with van der Waals surface area (Å²) in [4.78, 5) is 6.97. The van der Waals surface area contributed by atoms with Gasteiger partial charge in [0.2, 0.25) is 0 Å². The first kappa shape index (κ1) is 22.0. The normalized spacial score (nSPS) is 18.0. The molecule has 0 aliphatic carbocycles. The highest BCUT2D eigenvalue weighted by Crippen LogP contribution is 2.16. The van der Waals surface area contributed by atoms with Crippen LogP contribution in [0.2, 0.25) is 0 Å². The molecular formula is C19H33IN4O. The number of nitrogens with zero attached hydrogens (tertiary/aromatic N) is 2. The molecule has 1 atom stereocenters. The van der Waals surface area contributed by atoms with Gasteiger partial charge in [-0.25, -0.2) is 0 Å². The van der Waals surface area contributed by atoms with Crippen molar-refractivity contribution in [2.24, 2.45) is 10.7 Å². The fraction of sp³-hybridized carbons (Fsp3) is 0.632. The van der Waals surface area contributed by atoms with E-state index in [4.69, 9.17) is 10.5 Å². The number of halogens is 1.